The van der Waals surface area contributed by atoms with E-state index in [1.165, 1.54) is 18.3 Å². The number of hydrogen-bond acceptors (Lipinski definition) is 4. The van der Waals surface area contributed by atoms with Crippen molar-refractivity contribution in [3.8, 4) is 11.3 Å². The summed E-state index contributed by atoms with van der Waals surface area (Å²) in [7, 11) is 0. The number of benzene rings is 2. The zero-order valence-electron chi connectivity index (χ0n) is 17.1. The number of aliphatic imine (C=N–C) groups is 1. The first kappa shape index (κ1) is 22.2. The zero-order chi connectivity index (χ0) is 22.2. The van der Waals surface area contributed by atoms with Crippen molar-refractivity contribution in [2.45, 2.75) is 19.9 Å². The third kappa shape index (κ3) is 6.02. The first-order valence-corrected chi connectivity index (χ1v) is 10.1. The number of imidazole rings is 1. The van der Waals surface area contributed by atoms with Gasteiger partial charge in [-0.2, -0.15) is 0 Å². The molecule has 31 heavy (non-hydrogen) atoms. The first-order chi connectivity index (χ1) is 15.0. The fourth-order valence-corrected chi connectivity index (χ4v) is 3.31. The number of aromatic nitrogens is 2. The standard InChI is InChI=1S/C23H23ClFN5O/c1-2-27-12-17(11-26)9-23(31)30(14-16-7-19(24)10-20(25)8-16)21-5-3-18(4-6-21)22-13-28-15-29-22/h3-8,10-13,15H,2,9,14,26H2,1H3,(H,28,29)/b17-11-,27-12?. The molecule has 0 unspecified atom stereocenters. The van der Waals surface area contributed by atoms with E-state index >= 15 is 0 Å². The van der Waals surface area contributed by atoms with E-state index in [-0.39, 0.29) is 23.9 Å². The van der Waals surface area contributed by atoms with Gasteiger partial charge in [0.25, 0.3) is 0 Å². The number of nitrogens with zero attached hydrogens (tertiary/aromatic N) is 3. The Bertz CT molecular complexity index is 1060. The number of carbonyl (C=O) groups is 1. The molecular weight excluding hydrogens is 417 g/mol. The number of rotatable bonds is 8. The van der Waals surface area contributed by atoms with Crippen LogP contribution in [0.4, 0.5) is 10.1 Å². The third-order valence-corrected chi connectivity index (χ3v) is 4.78. The molecule has 1 heterocycles. The zero-order valence-corrected chi connectivity index (χ0v) is 17.8. The highest BCUT2D eigenvalue weighted by Crippen LogP contribution is 2.25. The molecule has 1 aromatic heterocycles. The predicted molar refractivity (Wildman–Crippen MR) is 123 cm³/mol. The Balaban J connectivity index is 1.91. The van der Waals surface area contributed by atoms with Gasteiger partial charge in [-0.25, -0.2) is 9.37 Å². The van der Waals surface area contributed by atoms with Crippen LogP contribution in [0, 0.1) is 5.82 Å². The maximum Gasteiger partial charge on any atom is 0.231 e. The van der Waals surface area contributed by atoms with Gasteiger partial charge in [0.15, 0.2) is 0 Å². The van der Waals surface area contributed by atoms with Crippen molar-refractivity contribution in [2.75, 3.05) is 11.4 Å². The molecule has 0 aliphatic carbocycles. The minimum atomic E-state index is -0.456. The van der Waals surface area contributed by atoms with Crippen LogP contribution in [0.5, 0.6) is 0 Å². The molecule has 8 heteroatoms. The molecule has 2 aromatic carbocycles. The van der Waals surface area contributed by atoms with Gasteiger partial charge < -0.3 is 15.6 Å². The molecular formula is C23H23ClFN5O. The highest BCUT2D eigenvalue weighted by Gasteiger charge is 2.18. The van der Waals surface area contributed by atoms with E-state index in [9.17, 15) is 9.18 Å². The fourth-order valence-electron chi connectivity index (χ4n) is 3.07. The number of nitrogens with two attached hydrogens (primary N) is 1. The average Bonchev–Trinajstić information content (AvgIpc) is 3.29. The quantitative estimate of drug-likeness (QED) is 0.497. The molecule has 0 saturated carbocycles. The van der Waals surface area contributed by atoms with Crippen LogP contribution in [0.2, 0.25) is 5.02 Å². The molecule has 3 N–H and O–H groups in total. The molecule has 0 fully saturated rings. The van der Waals surface area contributed by atoms with Crippen molar-refractivity contribution in [1.29, 1.82) is 0 Å². The largest absolute Gasteiger partial charge is 0.404 e. The van der Waals surface area contributed by atoms with E-state index < -0.39 is 5.82 Å². The topological polar surface area (TPSA) is 87.4 Å². The van der Waals surface area contributed by atoms with Gasteiger partial charge >= 0.3 is 0 Å². The molecule has 1 amide bonds. The summed E-state index contributed by atoms with van der Waals surface area (Å²) in [6.45, 7) is 2.64. The van der Waals surface area contributed by atoms with Crippen LogP contribution < -0.4 is 10.6 Å². The normalized spacial score (nSPS) is 11.8. The van der Waals surface area contributed by atoms with E-state index in [1.807, 2.05) is 31.2 Å². The van der Waals surface area contributed by atoms with Crippen LogP contribution >= 0.6 is 11.6 Å². The van der Waals surface area contributed by atoms with Crippen LogP contribution in [-0.4, -0.2) is 28.6 Å². The van der Waals surface area contributed by atoms with Crippen LogP contribution in [0.25, 0.3) is 11.3 Å². The van der Waals surface area contributed by atoms with Gasteiger partial charge in [0.05, 0.1) is 31.2 Å². The Hall–Kier alpha value is -3.45. The number of halogens is 2. The lowest BCUT2D eigenvalue weighted by Crippen LogP contribution is -2.31. The van der Waals surface area contributed by atoms with Crippen LogP contribution in [0.15, 0.2) is 71.8 Å². The summed E-state index contributed by atoms with van der Waals surface area (Å²) in [5.41, 5.74) is 9.31. The number of nitrogens with one attached hydrogen (secondary N) is 1. The van der Waals surface area contributed by atoms with E-state index in [2.05, 4.69) is 15.0 Å². The van der Waals surface area contributed by atoms with Crippen molar-refractivity contribution in [3.63, 3.8) is 0 Å². The summed E-state index contributed by atoms with van der Waals surface area (Å²) in [5, 5.41) is 0.273. The van der Waals surface area contributed by atoms with Crippen molar-refractivity contribution in [1.82, 2.24) is 9.97 Å². The van der Waals surface area contributed by atoms with Crippen LogP contribution in [0.3, 0.4) is 0 Å². The number of H-pyrrole nitrogens is 1. The Kier molecular flexibility index (Phi) is 7.56. The molecule has 0 bridgehead atoms. The average molecular weight is 440 g/mol. The maximum atomic E-state index is 13.9. The lowest BCUT2D eigenvalue weighted by atomic mass is 10.1. The number of amides is 1. The minimum absolute atomic E-state index is 0.0609. The lowest BCUT2D eigenvalue weighted by molar-refractivity contribution is -0.118. The third-order valence-electron chi connectivity index (χ3n) is 4.56. The second kappa shape index (κ2) is 10.5. The predicted octanol–water partition coefficient (Wildman–Crippen LogP) is 4.73. The Labute approximate surface area is 185 Å². The molecule has 0 aliphatic heterocycles. The molecule has 160 valence electrons. The van der Waals surface area contributed by atoms with Crippen LogP contribution in [-0.2, 0) is 11.3 Å². The van der Waals surface area contributed by atoms with Crippen molar-refractivity contribution >= 4 is 29.4 Å². The number of hydrogen-bond donors (Lipinski definition) is 2. The molecule has 6 nitrogen and oxygen atoms in total. The molecule has 0 atom stereocenters. The second-order valence-corrected chi connectivity index (χ2v) is 7.25. The summed E-state index contributed by atoms with van der Waals surface area (Å²) >= 11 is 6.01. The van der Waals surface area contributed by atoms with Gasteiger partial charge in [0.1, 0.15) is 5.82 Å². The Morgan fingerprint density at radius 1 is 1.29 bits per heavy atom. The molecule has 0 radical (unpaired) electrons. The van der Waals surface area contributed by atoms with Crippen LogP contribution in [0.1, 0.15) is 18.9 Å². The van der Waals surface area contributed by atoms with E-state index in [1.54, 1.807) is 29.7 Å². The Morgan fingerprint density at radius 3 is 2.68 bits per heavy atom. The number of carbonyl (C=O) groups excluding carboxylic acids is 1. The lowest BCUT2D eigenvalue weighted by Gasteiger charge is -2.24. The fraction of sp³-hybridized carbons (Fsp3) is 0.174. The second-order valence-electron chi connectivity index (χ2n) is 6.82. The maximum absolute atomic E-state index is 13.9. The van der Waals surface area contributed by atoms with Gasteiger partial charge in [-0.1, -0.05) is 23.7 Å². The van der Waals surface area contributed by atoms with E-state index in [4.69, 9.17) is 17.3 Å². The summed E-state index contributed by atoms with van der Waals surface area (Å²) < 4.78 is 13.9. The van der Waals surface area contributed by atoms with Gasteiger partial charge in [0.2, 0.25) is 5.91 Å². The van der Waals surface area contributed by atoms with E-state index in [0.29, 0.717) is 23.4 Å². The first-order valence-electron chi connectivity index (χ1n) is 9.75. The minimum Gasteiger partial charge on any atom is -0.404 e. The monoisotopic (exact) mass is 439 g/mol. The van der Waals surface area contributed by atoms with Crippen molar-refractivity contribution in [2.24, 2.45) is 10.7 Å². The summed E-state index contributed by atoms with van der Waals surface area (Å²) in [5.74, 6) is -0.656. The SMILES string of the molecule is CCN=C/C(=C\N)CC(=O)N(Cc1cc(F)cc(Cl)c1)c1ccc(-c2cnc[nH]2)cc1. The number of anilines is 1. The molecule has 0 aliphatic rings. The van der Waals surface area contributed by atoms with Crippen molar-refractivity contribution < 1.29 is 9.18 Å². The summed E-state index contributed by atoms with van der Waals surface area (Å²) in [6, 6.07) is 11.7. The Morgan fingerprint density at radius 2 is 2.06 bits per heavy atom. The molecule has 3 rings (SSSR count). The van der Waals surface area contributed by atoms with Crippen molar-refractivity contribution in [3.05, 3.63) is 83.2 Å². The smallest absolute Gasteiger partial charge is 0.231 e. The molecule has 0 spiro atoms. The summed E-state index contributed by atoms with van der Waals surface area (Å²) in [6.07, 6.45) is 6.35. The summed E-state index contributed by atoms with van der Waals surface area (Å²) in [4.78, 5) is 26.0. The highest BCUT2D eigenvalue weighted by atomic mass is 35.5. The van der Waals surface area contributed by atoms with Gasteiger partial charge in [-0.15, -0.1) is 0 Å². The van der Waals surface area contributed by atoms with E-state index in [0.717, 1.165) is 11.3 Å². The van der Waals surface area contributed by atoms with Gasteiger partial charge in [-0.3, -0.25) is 9.79 Å². The highest BCUT2D eigenvalue weighted by molar-refractivity contribution is 6.30. The molecule has 0 saturated heterocycles. The van der Waals surface area contributed by atoms with Gasteiger partial charge in [0, 0.05) is 23.5 Å². The molecule has 3 aromatic rings. The number of aromatic amines is 1. The van der Waals surface area contributed by atoms with Gasteiger partial charge in [-0.05, 0) is 60.2 Å².